The quantitative estimate of drug-likeness (QED) is 0.346. The molecule has 0 bridgehead atoms. The fourth-order valence-electron chi connectivity index (χ4n) is 5.33. The van der Waals surface area contributed by atoms with E-state index in [1.165, 1.54) is 49.8 Å². The molecule has 0 spiro atoms. The second kappa shape index (κ2) is 8.48. The second-order valence-corrected chi connectivity index (χ2v) is 16.1. The van der Waals surface area contributed by atoms with E-state index < -0.39 is 15.1 Å². The number of hydrogen-bond donors (Lipinski definition) is 0. The molecule has 0 radical (unpaired) electrons. The lowest BCUT2D eigenvalue weighted by Gasteiger charge is -2.44. The molecule has 0 saturated carbocycles. The largest absolute Gasteiger partial charge is 0.0756 e. The van der Waals surface area contributed by atoms with Crippen LogP contribution in [0.5, 0.6) is 0 Å². The smallest absolute Gasteiger partial charge is 0.0134 e. The zero-order valence-corrected chi connectivity index (χ0v) is 22.9. The van der Waals surface area contributed by atoms with Crippen molar-refractivity contribution in [3.63, 3.8) is 0 Å². The fraction of sp³-hybridized carbons (Fsp3) is 0.333. The highest BCUT2D eigenvalue weighted by Gasteiger charge is 2.42. The van der Waals surface area contributed by atoms with Gasteiger partial charge in [-0.15, -0.1) is 0 Å². The van der Waals surface area contributed by atoms with E-state index >= 15 is 0 Å². The normalized spacial score (nSPS) is 17.5. The molecule has 1 heterocycles. The van der Waals surface area contributed by atoms with E-state index in [-0.39, 0.29) is 5.16 Å². The monoisotopic (exact) mass is 458 g/mol. The summed E-state index contributed by atoms with van der Waals surface area (Å²) >= 11 is 0. The average Bonchev–Trinajstić information content (AvgIpc) is 2.64. The molecule has 1 aliphatic rings. The van der Waals surface area contributed by atoms with Crippen LogP contribution >= 0.6 is 15.1 Å². The summed E-state index contributed by atoms with van der Waals surface area (Å²) in [7, 11) is -0.901. The Morgan fingerprint density at radius 1 is 0.562 bits per heavy atom. The number of hydrogen-bond acceptors (Lipinski definition) is 0. The van der Waals surface area contributed by atoms with Gasteiger partial charge in [0, 0.05) is 10.1 Å². The maximum Gasteiger partial charge on any atom is 0.0134 e. The van der Waals surface area contributed by atoms with Gasteiger partial charge in [-0.25, -0.2) is 0 Å². The Morgan fingerprint density at radius 2 is 0.938 bits per heavy atom. The number of aryl methyl sites for hydroxylation is 6. The maximum absolute atomic E-state index is 2.45. The van der Waals surface area contributed by atoms with Gasteiger partial charge in [-0.1, -0.05) is 93.7 Å². The highest BCUT2D eigenvalue weighted by molar-refractivity contribution is 8.17. The van der Waals surface area contributed by atoms with Gasteiger partial charge in [0.15, 0.2) is 0 Å². The summed E-state index contributed by atoms with van der Waals surface area (Å²) in [4.78, 5) is 0. The fourth-order valence-corrected chi connectivity index (χ4v) is 14.9. The predicted molar refractivity (Wildman–Crippen MR) is 149 cm³/mol. The Kier molecular flexibility index (Phi) is 6.17. The zero-order chi connectivity index (χ0) is 23.4. The van der Waals surface area contributed by atoms with Crippen LogP contribution in [-0.4, -0.2) is 15.2 Å². The summed E-state index contributed by atoms with van der Waals surface area (Å²) in [6.45, 7) is 21.1. The summed E-state index contributed by atoms with van der Waals surface area (Å²) in [5.41, 5.74) is 11.6. The second-order valence-electron chi connectivity index (χ2n) is 10.4. The van der Waals surface area contributed by atoms with Crippen molar-refractivity contribution in [3.8, 4) is 0 Å². The minimum atomic E-state index is -0.498. The molecule has 0 fully saturated rings. The molecule has 0 unspecified atom stereocenters. The molecule has 0 amide bonds. The Hall–Kier alpha value is -1.87. The van der Waals surface area contributed by atoms with Crippen molar-refractivity contribution in [3.05, 3.63) is 99.1 Å². The van der Waals surface area contributed by atoms with Gasteiger partial charge in [0.05, 0.1) is 0 Å². The van der Waals surface area contributed by atoms with E-state index in [4.69, 9.17) is 0 Å². The first-order valence-corrected chi connectivity index (χ1v) is 14.2. The van der Waals surface area contributed by atoms with E-state index in [0.717, 1.165) is 0 Å². The molecule has 32 heavy (non-hydrogen) atoms. The van der Waals surface area contributed by atoms with Crippen molar-refractivity contribution in [1.29, 1.82) is 0 Å². The van der Waals surface area contributed by atoms with Crippen LogP contribution in [0.3, 0.4) is 0 Å². The molecular weight excluding hydrogens is 422 g/mol. The molecule has 3 aromatic carbocycles. The minimum absolute atomic E-state index is 0.223. The van der Waals surface area contributed by atoms with Gasteiger partial charge in [-0.05, 0) is 93.3 Å². The Morgan fingerprint density at radius 3 is 1.28 bits per heavy atom. The van der Waals surface area contributed by atoms with E-state index in [2.05, 4.69) is 117 Å². The van der Waals surface area contributed by atoms with E-state index in [0.29, 0.717) is 0 Å². The first kappa shape index (κ1) is 23.3. The van der Waals surface area contributed by atoms with Gasteiger partial charge < -0.3 is 0 Å². The third kappa shape index (κ3) is 3.98. The van der Waals surface area contributed by atoms with Crippen molar-refractivity contribution in [2.24, 2.45) is 0 Å². The van der Waals surface area contributed by atoms with Crippen LogP contribution in [0.1, 0.15) is 65.3 Å². The lowest BCUT2D eigenvalue weighted by molar-refractivity contribution is 0.796. The highest BCUT2D eigenvalue weighted by atomic mass is 31.2. The molecule has 0 nitrogen and oxygen atoms in total. The van der Waals surface area contributed by atoms with E-state index in [1.54, 1.807) is 10.1 Å². The number of rotatable bonds is 3. The lowest BCUT2D eigenvalue weighted by Crippen LogP contribution is -2.31. The molecule has 0 aliphatic carbocycles. The van der Waals surface area contributed by atoms with Crippen molar-refractivity contribution in [1.82, 2.24) is 0 Å². The predicted octanol–water partition coefficient (Wildman–Crippen LogP) is 8.29. The standard InChI is InChI=1S/C30H36P2/c1-19-15-21(3)26(22(4)16-19)28-31(25-13-11-10-12-14-25)29(32(28)30(7,8)9)27-23(5)17-20(2)18-24(27)6/h10-18H,1-9H3. The van der Waals surface area contributed by atoms with Gasteiger partial charge in [0.25, 0.3) is 0 Å². The topological polar surface area (TPSA) is 0 Å². The molecule has 166 valence electrons. The van der Waals surface area contributed by atoms with Crippen molar-refractivity contribution >= 4 is 30.5 Å². The summed E-state index contributed by atoms with van der Waals surface area (Å²) in [5.74, 6) is 0. The summed E-state index contributed by atoms with van der Waals surface area (Å²) in [5, 5.41) is 5.19. The van der Waals surface area contributed by atoms with Gasteiger partial charge in [0.2, 0.25) is 0 Å². The first-order chi connectivity index (χ1) is 15.0. The molecule has 4 rings (SSSR count). The Labute approximate surface area is 196 Å². The Balaban J connectivity index is 2.20. The maximum atomic E-state index is 2.45. The van der Waals surface area contributed by atoms with Crippen LogP contribution in [0.15, 0.2) is 54.6 Å². The number of benzene rings is 3. The van der Waals surface area contributed by atoms with Crippen LogP contribution < -0.4 is 5.30 Å². The van der Waals surface area contributed by atoms with Gasteiger partial charge in [0.1, 0.15) is 0 Å². The molecule has 1 aliphatic heterocycles. The minimum Gasteiger partial charge on any atom is -0.0756 e. The highest BCUT2D eigenvalue weighted by Crippen LogP contribution is 2.67. The summed E-state index contributed by atoms with van der Waals surface area (Å²) < 4.78 is 0. The summed E-state index contributed by atoms with van der Waals surface area (Å²) in [6, 6.07) is 20.8. The first-order valence-electron chi connectivity index (χ1n) is 11.6. The van der Waals surface area contributed by atoms with E-state index in [9.17, 15) is 0 Å². The third-order valence-electron chi connectivity index (χ3n) is 6.33. The van der Waals surface area contributed by atoms with Crippen LogP contribution in [0, 0.1) is 41.5 Å². The molecule has 2 heteroatoms. The lowest BCUT2D eigenvalue weighted by atomic mass is 10.0. The van der Waals surface area contributed by atoms with Crippen LogP contribution in [0.4, 0.5) is 0 Å². The molecular formula is C30H36P2. The Bertz CT molecular complexity index is 1170. The molecule has 3 aromatic rings. The molecule has 0 saturated heterocycles. The van der Waals surface area contributed by atoms with Crippen LogP contribution in [0.2, 0.25) is 0 Å². The molecule has 0 aromatic heterocycles. The average molecular weight is 459 g/mol. The van der Waals surface area contributed by atoms with Gasteiger partial charge >= 0.3 is 0 Å². The van der Waals surface area contributed by atoms with Crippen molar-refractivity contribution < 1.29 is 0 Å². The zero-order valence-electron chi connectivity index (χ0n) is 21.1. The SMILES string of the molecule is Cc1cc(C)c(C2=P(c3ccccc3)=C(c3c(C)cc(C)cc3C)P2C(C)(C)C)c(C)c1. The molecule has 0 N–H and O–H groups in total. The van der Waals surface area contributed by atoms with Crippen LogP contribution in [-0.2, 0) is 0 Å². The van der Waals surface area contributed by atoms with Crippen LogP contribution in [0.25, 0.3) is 0 Å². The van der Waals surface area contributed by atoms with Gasteiger partial charge in [-0.2, -0.15) is 0 Å². The summed E-state index contributed by atoms with van der Waals surface area (Å²) in [6.07, 6.45) is 0. The van der Waals surface area contributed by atoms with Gasteiger partial charge in [-0.3, -0.25) is 0 Å². The molecule has 0 atom stereocenters. The van der Waals surface area contributed by atoms with Crippen molar-refractivity contribution in [2.75, 3.05) is 0 Å². The third-order valence-corrected chi connectivity index (χ3v) is 13.5. The van der Waals surface area contributed by atoms with Crippen molar-refractivity contribution in [2.45, 2.75) is 67.5 Å². The van der Waals surface area contributed by atoms with E-state index in [1.807, 2.05) is 0 Å².